The summed E-state index contributed by atoms with van der Waals surface area (Å²) < 4.78 is 0. The van der Waals surface area contributed by atoms with E-state index in [1.54, 1.807) is 17.4 Å². The molecule has 1 aliphatic rings. The Labute approximate surface area is 127 Å². The van der Waals surface area contributed by atoms with Crippen LogP contribution in [-0.4, -0.2) is 22.4 Å². The third kappa shape index (κ3) is 3.21. The lowest BCUT2D eigenvalue weighted by atomic mass is 10.3. The van der Waals surface area contributed by atoms with Crippen LogP contribution in [0.5, 0.6) is 0 Å². The van der Waals surface area contributed by atoms with Crippen LogP contribution in [0, 0.1) is 0 Å². The molecule has 2 aromatic rings. The number of amides is 1. The fourth-order valence-electron chi connectivity index (χ4n) is 2.32. The number of hydrogen-bond acceptors (Lipinski definition) is 5. The first-order valence-corrected chi connectivity index (χ1v) is 8.09. The molecule has 110 valence electrons. The highest BCUT2D eigenvalue weighted by Gasteiger charge is 2.18. The van der Waals surface area contributed by atoms with Crippen LogP contribution in [-0.2, 0) is 12.8 Å². The second-order valence-electron chi connectivity index (χ2n) is 5.03. The van der Waals surface area contributed by atoms with Crippen molar-refractivity contribution < 1.29 is 4.79 Å². The molecule has 1 aliphatic carbocycles. The molecule has 2 N–H and O–H groups in total. The first kappa shape index (κ1) is 14.0. The second-order valence-corrected chi connectivity index (χ2v) is 6.12. The van der Waals surface area contributed by atoms with Gasteiger partial charge in [-0.3, -0.25) is 10.1 Å². The molecule has 0 atom stereocenters. The molecule has 3 rings (SSSR count). The lowest BCUT2D eigenvalue weighted by molar-refractivity contribution is 0.102. The Morgan fingerprint density at radius 1 is 1.33 bits per heavy atom. The van der Waals surface area contributed by atoms with Crippen molar-refractivity contribution >= 4 is 28.2 Å². The number of nitrogens with one attached hydrogen (secondary N) is 2. The SMILES string of the molecule is CCCNc1cccc(C(=O)Nc2nc3c(s2)CCC3)n1. The molecule has 2 heterocycles. The van der Waals surface area contributed by atoms with E-state index in [4.69, 9.17) is 0 Å². The molecule has 21 heavy (non-hydrogen) atoms. The largest absolute Gasteiger partial charge is 0.370 e. The van der Waals surface area contributed by atoms with Crippen molar-refractivity contribution in [2.45, 2.75) is 32.6 Å². The van der Waals surface area contributed by atoms with Gasteiger partial charge in [-0.25, -0.2) is 9.97 Å². The van der Waals surface area contributed by atoms with Crippen molar-refractivity contribution in [3.8, 4) is 0 Å². The predicted molar refractivity (Wildman–Crippen MR) is 85.1 cm³/mol. The minimum Gasteiger partial charge on any atom is -0.370 e. The standard InChI is InChI=1S/C15H18N4OS/c1-2-9-16-13-8-4-6-11(17-13)14(20)19-15-18-10-5-3-7-12(10)21-15/h4,6,8H,2-3,5,7,9H2,1H3,(H,16,17)(H,18,19,20). The number of aryl methyl sites for hydroxylation is 2. The van der Waals surface area contributed by atoms with E-state index in [9.17, 15) is 4.79 Å². The zero-order chi connectivity index (χ0) is 14.7. The van der Waals surface area contributed by atoms with E-state index in [1.807, 2.05) is 12.1 Å². The van der Waals surface area contributed by atoms with Gasteiger partial charge in [-0.05, 0) is 37.8 Å². The van der Waals surface area contributed by atoms with Gasteiger partial charge in [0.2, 0.25) is 0 Å². The van der Waals surface area contributed by atoms with Gasteiger partial charge >= 0.3 is 0 Å². The summed E-state index contributed by atoms with van der Waals surface area (Å²) in [4.78, 5) is 22.3. The maximum absolute atomic E-state index is 12.2. The monoisotopic (exact) mass is 302 g/mol. The van der Waals surface area contributed by atoms with E-state index < -0.39 is 0 Å². The maximum Gasteiger partial charge on any atom is 0.276 e. The van der Waals surface area contributed by atoms with E-state index in [2.05, 4.69) is 27.5 Å². The molecule has 0 aliphatic heterocycles. The number of rotatable bonds is 5. The van der Waals surface area contributed by atoms with E-state index in [1.165, 1.54) is 11.3 Å². The quantitative estimate of drug-likeness (QED) is 0.890. The number of carbonyl (C=O) groups excluding carboxylic acids is 1. The minimum absolute atomic E-state index is 0.206. The van der Waals surface area contributed by atoms with Gasteiger partial charge < -0.3 is 5.32 Å². The third-order valence-electron chi connectivity index (χ3n) is 3.35. The molecule has 1 amide bonds. The minimum atomic E-state index is -0.206. The number of carbonyl (C=O) groups is 1. The molecular weight excluding hydrogens is 284 g/mol. The van der Waals surface area contributed by atoms with E-state index in [0.29, 0.717) is 10.8 Å². The van der Waals surface area contributed by atoms with Crippen molar-refractivity contribution in [1.29, 1.82) is 0 Å². The molecule has 0 bridgehead atoms. The first-order chi connectivity index (χ1) is 10.3. The highest BCUT2D eigenvalue weighted by molar-refractivity contribution is 7.15. The fourth-order valence-corrected chi connectivity index (χ4v) is 3.36. The van der Waals surface area contributed by atoms with Crippen molar-refractivity contribution in [3.05, 3.63) is 34.5 Å². The van der Waals surface area contributed by atoms with Gasteiger partial charge in [-0.2, -0.15) is 0 Å². The summed E-state index contributed by atoms with van der Waals surface area (Å²) in [6.07, 6.45) is 4.30. The Morgan fingerprint density at radius 3 is 3.05 bits per heavy atom. The van der Waals surface area contributed by atoms with Gasteiger partial charge in [0.15, 0.2) is 5.13 Å². The molecule has 2 aromatic heterocycles. The Balaban J connectivity index is 1.69. The molecule has 6 heteroatoms. The van der Waals surface area contributed by atoms with Crippen LogP contribution in [0.2, 0.25) is 0 Å². The van der Waals surface area contributed by atoms with Crippen LogP contribution in [0.15, 0.2) is 18.2 Å². The molecule has 0 spiro atoms. The number of anilines is 2. The molecule has 0 aromatic carbocycles. The topological polar surface area (TPSA) is 66.9 Å². The van der Waals surface area contributed by atoms with Crippen LogP contribution in [0.3, 0.4) is 0 Å². The molecule has 0 fully saturated rings. The van der Waals surface area contributed by atoms with Gasteiger partial charge in [-0.1, -0.05) is 13.0 Å². The van der Waals surface area contributed by atoms with Gasteiger partial charge in [0.05, 0.1) is 5.69 Å². The number of pyridine rings is 1. The van der Waals surface area contributed by atoms with Crippen molar-refractivity contribution in [2.24, 2.45) is 0 Å². The van der Waals surface area contributed by atoms with Gasteiger partial charge in [0.1, 0.15) is 11.5 Å². The maximum atomic E-state index is 12.2. The van der Waals surface area contributed by atoms with Crippen LogP contribution < -0.4 is 10.6 Å². The van der Waals surface area contributed by atoms with Gasteiger partial charge in [-0.15, -0.1) is 11.3 Å². The van der Waals surface area contributed by atoms with Crippen LogP contribution in [0.1, 0.15) is 40.8 Å². The van der Waals surface area contributed by atoms with Gasteiger partial charge in [0, 0.05) is 11.4 Å². The number of aromatic nitrogens is 2. The van der Waals surface area contributed by atoms with Gasteiger partial charge in [0.25, 0.3) is 5.91 Å². The summed E-state index contributed by atoms with van der Waals surface area (Å²) in [5.74, 6) is 0.522. The zero-order valence-corrected chi connectivity index (χ0v) is 12.8. The predicted octanol–water partition coefficient (Wildman–Crippen LogP) is 3.10. The molecule has 0 saturated carbocycles. The number of thiazole rings is 1. The average molecular weight is 302 g/mol. The highest BCUT2D eigenvalue weighted by atomic mass is 32.1. The Morgan fingerprint density at radius 2 is 2.24 bits per heavy atom. The first-order valence-electron chi connectivity index (χ1n) is 7.27. The molecule has 0 radical (unpaired) electrons. The summed E-state index contributed by atoms with van der Waals surface area (Å²) in [5.41, 5.74) is 1.55. The number of fused-ring (bicyclic) bond motifs is 1. The number of nitrogens with zero attached hydrogens (tertiary/aromatic N) is 2. The Kier molecular flexibility index (Phi) is 4.15. The lowest BCUT2D eigenvalue weighted by Crippen LogP contribution is -2.14. The Hall–Kier alpha value is -1.95. The van der Waals surface area contributed by atoms with Crippen molar-refractivity contribution in [1.82, 2.24) is 9.97 Å². The molecular formula is C15H18N4OS. The molecule has 5 nitrogen and oxygen atoms in total. The van der Waals surface area contributed by atoms with E-state index >= 15 is 0 Å². The Bertz CT molecular complexity index is 631. The van der Waals surface area contributed by atoms with Crippen LogP contribution in [0.25, 0.3) is 0 Å². The van der Waals surface area contributed by atoms with Crippen LogP contribution >= 0.6 is 11.3 Å². The van der Waals surface area contributed by atoms with Crippen molar-refractivity contribution in [2.75, 3.05) is 17.2 Å². The lowest BCUT2D eigenvalue weighted by Gasteiger charge is -2.06. The average Bonchev–Trinajstić information content (AvgIpc) is 3.06. The smallest absolute Gasteiger partial charge is 0.276 e. The summed E-state index contributed by atoms with van der Waals surface area (Å²) >= 11 is 1.58. The summed E-state index contributed by atoms with van der Waals surface area (Å²) in [7, 11) is 0. The van der Waals surface area contributed by atoms with Crippen LogP contribution in [0.4, 0.5) is 10.9 Å². The molecule has 0 saturated heterocycles. The highest BCUT2D eigenvalue weighted by Crippen LogP contribution is 2.30. The summed E-state index contributed by atoms with van der Waals surface area (Å²) in [6.45, 7) is 2.93. The van der Waals surface area contributed by atoms with E-state index in [0.717, 1.165) is 37.3 Å². The fraction of sp³-hybridized carbons (Fsp3) is 0.400. The van der Waals surface area contributed by atoms with Crippen molar-refractivity contribution in [3.63, 3.8) is 0 Å². The zero-order valence-electron chi connectivity index (χ0n) is 12.0. The third-order valence-corrected chi connectivity index (χ3v) is 4.43. The molecule has 0 unspecified atom stereocenters. The summed E-state index contributed by atoms with van der Waals surface area (Å²) in [6, 6.07) is 5.42. The second kappa shape index (κ2) is 6.22. The number of hydrogen-bond donors (Lipinski definition) is 2. The summed E-state index contributed by atoms with van der Waals surface area (Å²) in [5, 5.41) is 6.71. The van der Waals surface area contributed by atoms with E-state index in [-0.39, 0.29) is 5.91 Å². The normalized spacial score (nSPS) is 13.0.